The molecule has 6 heteroatoms. The summed E-state index contributed by atoms with van der Waals surface area (Å²) >= 11 is 1.17. The smallest absolute Gasteiger partial charge is 0.416 e. The molecule has 0 aliphatic heterocycles. The fraction of sp³-hybridized carbons (Fsp3) is 0.545. The minimum Gasteiger partial charge on any atom is -0.443 e. The van der Waals surface area contributed by atoms with E-state index in [-0.39, 0.29) is 5.78 Å². The lowest BCUT2D eigenvalue weighted by molar-refractivity contribution is 0.0589. The lowest BCUT2D eigenvalue weighted by Gasteiger charge is -2.23. The number of nitrogens with zero attached hydrogens (tertiary/aromatic N) is 2. The number of carbonyl (C=O) groups excluding carboxylic acids is 2. The molecule has 0 N–H and O–H groups in total. The zero-order chi connectivity index (χ0) is 13.2. The van der Waals surface area contributed by atoms with E-state index in [1.165, 1.54) is 29.4 Å². The van der Waals surface area contributed by atoms with Gasteiger partial charge < -0.3 is 4.74 Å². The summed E-state index contributed by atoms with van der Waals surface area (Å²) in [7, 11) is 1.57. The maximum Gasteiger partial charge on any atom is 0.416 e. The number of amides is 1. The van der Waals surface area contributed by atoms with Gasteiger partial charge in [0, 0.05) is 14.0 Å². The zero-order valence-corrected chi connectivity index (χ0v) is 11.4. The van der Waals surface area contributed by atoms with Gasteiger partial charge in [0.25, 0.3) is 0 Å². The Bertz CT molecular complexity index is 434. The quantitative estimate of drug-likeness (QED) is 0.763. The highest BCUT2D eigenvalue weighted by Gasteiger charge is 2.22. The second-order valence-electron chi connectivity index (χ2n) is 4.60. The van der Waals surface area contributed by atoms with Gasteiger partial charge in [-0.15, -0.1) is 0 Å². The molecule has 0 aliphatic rings. The van der Waals surface area contributed by atoms with Gasteiger partial charge in [0.15, 0.2) is 10.9 Å². The van der Waals surface area contributed by atoms with Gasteiger partial charge in [-0.1, -0.05) is 11.3 Å². The highest BCUT2D eigenvalue weighted by molar-refractivity contribution is 7.17. The average molecular weight is 256 g/mol. The number of Topliss-reactive ketones (excluding diaryl/α,β-unsaturated/α-hetero) is 1. The Balaban J connectivity index is 2.78. The van der Waals surface area contributed by atoms with Crippen LogP contribution in [0.3, 0.4) is 0 Å². The molecule has 0 atom stereocenters. The van der Waals surface area contributed by atoms with Crippen molar-refractivity contribution in [3.63, 3.8) is 0 Å². The number of hydrogen-bond donors (Lipinski definition) is 0. The van der Waals surface area contributed by atoms with E-state index in [0.29, 0.717) is 10.0 Å². The average Bonchev–Trinajstić information content (AvgIpc) is 2.62. The zero-order valence-electron chi connectivity index (χ0n) is 10.6. The van der Waals surface area contributed by atoms with E-state index in [2.05, 4.69) is 4.98 Å². The van der Waals surface area contributed by atoms with E-state index in [4.69, 9.17) is 4.74 Å². The summed E-state index contributed by atoms with van der Waals surface area (Å²) in [4.78, 5) is 28.7. The van der Waals surface area contributed by atoms with Crippen LogP contribution in [0, 0.1) is 0 Å². The van der Waals surface area contributed by atoms with Gasteiger partial charge in [-0.05, 0) is 20.8 Å². The summed E-state index contributed by atoms with van der Waals surface area (Å²) in [6.45, 7) is 6.84. The number of carbonyl (C=O) groups is 2. The Morgan fingerprint density at radius 1 is 1.41 bits per heavy atom. The van der Waals surface area contributed by atoms with Crippen LogP contribution in [0.2, 0.25) is 0 Å². The molecule has 0 fully saturated rings. The Labute approximate surface area is 104 Å². The molecule has 1 rings (SSSR count). The Morgan fingerprint density at radius 2 is 2.00 bits per heavy atom. The lowest BCUT2D eigenvalue weighted by atomic mass is 10.2. The van der Waals surface area contributed by atoms with Gasteiger partial charge in [-0.25, -0.2) is 9.78 Å². The van der Waals surface area contributed by atoms with Gasteiger partial charge >= 0.3 is 6.09 Å². The second-order valence-corrected chi connectivity index (χ2v) is 5.61. The predicted octanol–water partition coefficient (Wildman–Crippen LogP) is 2.72. The molecule has 17 heavy (non-hydrogen) atoms. The van der Waals surface area contributed by atoms with Crippen molar-refractivity contribution in [2.45, 2.75) is 33.3 Å². The molecule has 1 aromatic rings. The monoisotopic (exact) mass is 256 g/mol. The van der Waals surface area contributed by atoms with Crippen LogP contribution < -0.4 is 4.90 Å². The molecule has 0 aliphatic carbocycles. The summed E-state index contributed by atoms with van der Waals surface area (Å²) in [6.07, 6.45) is 0.977. The van der Waals surface area contributed by atoms with E-state index in [0.717, 1.165) is 0 Å². The summed E-state index contributed by atoms with van der Waals surface area (Å²) in [5.74, 6) is -0.0636. The molecule has 0 bridgehead atoms. The van der Waals surface area contributed by atoms with Gasteiger partial charge in [0.05, 0.1) is 11.1 Å². The van der Waals surface area contributed by atoms with E-state index in [9.17, 15) is 9.59 Å². The maximum atomic E-state index is 11.7. The number of aromatic nitrogens is 1. The summed E-state index contributed by atoms with van der Waals surface area (Å²) in [6, 6.07) is 0. The maximum absolute atomic E-state index is 11.7. The van der Waals surface area contributed by atoms with Gasteiger partial charge in [-0.2, -0.15) is 0 Å². The lowest BCUT2D eigenvalue weighted by Crippen LogP contribution is -2.34. The molecule has 1 aromatic heterocycles. The minimum absolute atomic E-state index is 0.0636. The molecule has 5 nitrogen and oxygen atoms in total. The summed E-state index contributed by atoms with van der Waals surface area (Å²) < 4.78 is 5.19. The molecular weight excluding hydrogens is 240 g/mol. The molecule has 0 aromatic carbocycles. The highest BCUT2D eigenvalue weighted by Crippen LogP contribution is 2.23. The van der Waals surface area contributed by atoms with Crippen molar-refractivity contribution in [3.05, 3.63) is 11.1 Å². The van der Waals surface area contributed by atoms with Crippen LogP contribution in [0.1, 0.15) is 37.4 Å². The number of rotatable bonds is 2. The number of anilines is 1. The van der Waals surface area contributed by atoms with Gasteiger partial charge in [-0.3, -0.25) is 9.69 Å². The molecule has 0 saturated heterocycles. The number of thiazole rings is 1. The van der Waals surface area contributed by atoms with Crippen LogP contribution in [-0.2, 0) is 4.74 Å². The van der Waals surface area contributed by atoms with Crippen molar-refractivity contribution < 1.29 is 14.3 Å². The third-order valence-electron chi connectivity index (χ3n) is 1.79. The van der Waals surface area contributed by atoms with Crippen LogP contribution in [0.25, 0.3) is 0 Å². The Kier molecular flexibility index (Phi) is 3.87. The van der Waals surface area contributed by atoms with Crippen molar-refractivity contribution >= 4 is 28.3 Å². The fourth-order valence-corrected chi connectivity index (χ4v) is 1.75. The topological polar surface area (TPSA) is 59.5 Å². The van der Waals surface area contributed by atoms with Crippen LogP contribution in [0.4, 0.5) is 9.93 Å². The number of ketones is 1. The van der Waals surface area contributed by atoms with Crippen molar-refractivity contribution in [1.29, 1.82) is 0 Å². The summed E-state index contributed by atoms with van der Waals surface area (Å²) in [5.41, 5.74) is -0.550. The Hall–Kier alpha value is -1.43. The van der Waals surface area contributed by atoms with Crippen molar-refractivity contribution in [3.8, 4) is 0 Å². The molecule has 0 spiro atoms. The van der Waals surface area contributed by atoms with Gasteiger partial charge in [0.1, 0.15) is 5.60 Å². The first kappa shape index (κ1) is 13.6. The molecule has 94 valence electrons. The molecule has 1 amide bonds. The Morgan fingerprint density at radius 3 is 2.41 bits per heavy atom. The first-order valence-electron chi connectivity index (χ1n) is 5.14. The van der Waals surface area contributed by atoms with E-state index in [1.807, 2.05) is 0 Å². The van der Waals surface area contributed by atoms with Crippen LogP contribution in [0.15, 0.2) is 6.20 Å². The SMILES string of the molecule is CC(=O)c1cnc(N(C)C(=O)OC(C)(C)C)s1. The largest absolute Gasteiger partial charge is 0.443 e. The molecule has 0 unspecified atom stereocenters. The van der Waals surface area contributed by atoms with Crippen LogP contribution in [0.5, 0.6) is 0 Å². The van der Waals surface area contributed by atoms with E-state index >= 15 is 0 Å². The third-order valence-corrected chi connectivity index (χ3v) is 2.97. The normalized spacial score (nSPS) is 11.1. The summed E-state index contributed by atoms with van der Waals surface area (Å²) in [5, 5.41) is 0.449. The van der Waals surface area contributed by atoms with Crippen LogP contribution >= 0.6 is 11.3 Å². The van der Waals surface area contributed by atoms with Gasteiger partial charge in [0.2, 0.25) is 0 Å². The predicted molar refractivity (Wildman–Crippen MR) is 66.8 cm³/mol. The third kappa shape index (κ3) is 3.81. The minimum atomic E-state index is -0.550. The molecule has 0 saturated carbocycles. The van der Waals surface area contributed by atoms with Crippen molar-refractivity contribution in [1.82, 2.24) is 4.98 Å². The van der Waals surface area contributed by atoms with Crippen LogP contribution in [-0.4, -0.2) is 29.5 Å². The number of ether oxygens (including phenoxy) is 1. The van der Waals surface area contributed by atoms with E-state index < -0.39 is 11.7 Å². The van der Waals surface area contributed by atoms with Crippen molar-refractivity contribution in [2.75, 3.05) is 11.9 Å². The second kappa shape index (κ2) is 4.83. The highest BCUT2D eigenvalue weighted by atomic mass is 32.1. The first-order chi connectivity index (χ1) is 7.70. The standard InChI is InChI=1S/C11H16N2O3S/c1-7(14)8-6-12-9(17-8)13(5)10(15)16-11(2,3)4/h6H,1-5H3. The molecule has 1 heterocycles. The molecule has 0 radical (unpaired) electrons. The first-order valence-corrected chi connectivity index (χ1v) is 5.96. The molecular formula is C11H16N2O3S. The van der Waals surface area contributed by atoms with E-state index in [1.54, 1.807) is 27.8 Å². The van der Waals surface area contributed by atoms with Crippen molar-refractivity contribution in [2.24, 2.45) is 0 Å². The number of hydrogen-bond acceptors (Lipinski definition) is 5. The fourth-order valence-electron chi connectivity index (χ4n) is 0.991.